The van der Waals surface area contributed by atoms with Gasteiger partial charge in [0, 0.05) is 18.5 Å². The molecule has 0 radical (unpaired) electrons. The van der Waals surface area contributed by atoms with Gasteiger partial charge in [0.1, 0.15) is 0 Å². The average Bonchev–Trinajstić information content (AvgIpc) is 2.75. The number of hydrogen-bond donors (Lipinski definition) is 1. The first kappa shape index (κ1) is 12.8. The molecule has 0 aromatic carbocycles. The highest BCUT2D eigenvalue weighted by atomic mass is 16.5. The first-order valence-electron chi connectivity index (χ1n) is 6.61. The number of aliphatic hydroxyl groups is 1. The Balaban J connectivity index is 2.03. The van der Waals surface area contributed by atoms with Crippen molar-refractivity contribution < 1.29 is 14.6 Å². The minimum atomic E-state index is -0.215. The lowest BCUT2D eigenvalue weighted by molar-refractivity contribution is -0.156. The van der Waals surface area contributed by atoms with Gasteiger partial charge in [-0.1, -0.05) is 19.8 Å². The molecule has 0 bridgehead atoms. The third-order valence-electron chi connectivity index (χ3n) is 4.04. The molecule has 1 saturated carbocycles. The van der Waals surface area contributed by atoms with Crippen LogP contribution >= 0.6 is 0 Å². The molecule has 2 fully saturated rings. The largest absolute Gasteiger partial charge is 0.394 e. The normalized spacial score (nSPS) is 32.8. The quantitative estimate of drug-likeness (QED) is 0.789. The van der Waals surface area contributed by atoms with E-state index in [1.165, 1.54) is 0 Å². The van der Waals surface area contributed by atoms with Gasteiger partial charge >= 0.3 is 0 Å². The van der Waals surface area contributed by atoms with Crippen LogP contribution in [0.4, 0.5) is 0 Å². The fourth-order valence-corrected chi connectivity index (χ4v) is 3.06. The minimum Gasteiger partial charge on any atom is -0.394 e. The van der Waals surface area contributed by atoms with E-state index in [2.05, 4.69) is 6.92 Å². The van der Waals surface area contributed by atoms with Crippen molar-refractivity contribution in [2.24, 2.45) is 5.41 Å². The van der Waals surface area contributed by atoms with Crippen molar-refractivity contribution in [1.29, 1.82) is 0 Å². The van der Waals surface area contributed by atoms with Crippen molar-refractivity contribution in [3.63, 3.8) is 0 Å². The van der Waals surface area contributed by atoms with Crippen molar-refractivity contribution in [3.8, 4) is 0 Å². The molecular weight excluding hydrogens is 218 g/mol. The Labute approximate surface area is 103 Å². The van der Waals surface area contributed by atoms with Crippen LogP contribution in [0.25, 0.3) is 0 Å². The molecule has 1 aliphatic heterocycles. The summed E-state index contributed by atoms with van der Waals surface area (Å²) >= 11 is 0. The van der Waals surface area contributed by atoms with E-state index < -0.39 is 0 Å². The van der Waals surface area contributed by atoms with Crippen LogP contribution in [0.3, 0.4) is 0 Å². The van der Waals surface area contributed by atoms with E-state index in [4.69, 9.17) is 4.74 Å². The van der Waals surface area contributed by atoms with Gasteiger partial charge in [0.25, 0.3) is 0 Å². The highest BCUT2D eigenvalue weighted by Gasteiger charge is 2.41. The van der Waals surface area contributed by atoms with Crippen molar-refractivity contribution in [3.05, 3.63) is 0 Å². The predicted molar refractivity (Wildman–Crippen MR) is 64.6 cm³/mol. The van der Waals surface area contributed by atoms with Crippen LogP contribution in [0, 0.1) is 5.41 Å². The molecule has 2 aliphatic rings. The molecule has 1 N–H and O–H groups in total. The van der Waals surface area contributed by atoms with E-state index in [1.54, 1.807) is 0 Å². The number of aliphatic hydroxyl groups excluding tert-OH is 1. The lowest BCUT2D eigenvalue weighted by Crippen LogP contribution is -2.53. The lowest BCUT2D eigenvalue weighted by atomic mass is 9.86. The van der Waals surface area contributed by atoms with Crippen LogP contribution in [0.15, 0.2) is 0 Å². The monoisotopic (exact) mass is 241 g/mol. The average molecular weight is 241 g/mol. The summed E-state index contributed by atoms with van der Waals surface area (Å²) in [5.74, 6) is 0.253. The maximum Gasteiger partial charge on any atom is 0.228 e. The molecule has 4 heteroatoms. The number of amides is 1. The van der Waals surface area contributed by atoms with Crippen molar-refractivity contribution in [1.82, 2.24) is 4.90 Å². The summed E-state index contributed by atoms with van der Waals surface area (Å²) < 4.78 is 5.57. The Morgan fingerprint density at radius 1 is 1.41 bits per heavy atom. The number of nitrogens with zero attached hydrogens (tertiary/aromatic N) is 1. The van der Waals surface area contributed by atoms with Gasteiger partial charge in [-0.05, 0) is 19.8 Å². The standard InChI is InChI=1S/C13H23NO3/c1-10-7-14(8-11(9-15)17-10)12(16)13(2)5-3-4-6-13/h10-11,15H,3-9H2,1-2H3. The molecular formula is C13H23NO3. The molecule has 4 nitrogen and oxygen atoms in total. The van der Waals surface area contributed by atoms with Gasteiger partial charge in [0.15, 0.2) is 0 Å². The third kappa shape index (κ3) is 2.63. The smallest absolute Gasteiger partial charge is 0.228 e. The maximum absolute atomic E-state index is 12.5. The second-order valence-electron chi connectivity index (χ2n) is 5.73. The van der Waals surface area contributed by atoms with Gasteiger partial charge in [-0.2, -0.15) is 0 Å². The molecule has 2 atom stereocenters. The predicted octanol–water partition coefficient (Wildman–Crippen LogP) is 1.17. The number of carbonyl (C=O) groups excluding carboxylic acids is 1. The molecule has 98 valence electrons. The number of rotatable bonds is 2. The second kappa shape index (κ2) is 4.94. The highest BCUT2D eigenvalue weighted by molar-refractivity contribution is 5.82. The second-order valence-corrected chi connectivity index (χ2v) is 5.73. The van der Waals surface area contributed by atoms with Crippen molar-refractivity contribution >= 4 is 5.91 Å². The number of carbonyl (C=O) groups is 1. The van der Waals surface area contributed by atoms with Crippen LogP contribution in [0.1, 0.15) is 39.5 Å². The van der Waals surface area contributed by atoms with Gasteiger partial charge in [0.2, 0.25) is 5.91 Å². The number of ether oxygens (including phenoxy) is 1. The summed E-state index contributed by atoms with van der Waals surface area (Å²) in [6.45, 7) is 5.22. The number of morpholine rings is 1. The summed E-state index contributed by atoms with van der Waals surface area (Å²) in [7, 11) is 0. The number of hydrogen-bond acceptors (Lipinski definition) is 3. The van der Waals surface area contributed by atoms with Gasteiger partial charge < -0.3 is 14.7 Å². The first-order chi connectivity index (χ1) is 8.05. The molecule has 17 heavy (non-hydrogen) atoms. The molecule has 1 saturated heterocycles. The lowest BCUT2D eigenvalue weighted by Gasteiger charge is -2.39. The van der Waals surface area contributed by atoms with E-state index in [9.17, 15) is 9.90 Å². The van der Waals surface area contributed by atoms with Gasteiger partial charge in [0.05, 0.1) is 18.8 Å². The van der Waals surface area contributed by atoms with E-state index in [-0.39, 0.29) is 30.1 Å². The molecule has 0 spiro atoms. The van der Waals surface area contributed by atoms with Crippen LogP contribution < -0.4 is 0 Å². The molecule has 1 heterocycles. The van der Waals surface area contributed by atoms with Gasteiger partial charge in [-0.3, -0.25) is 4.79 Å². The summed E-state index contributed by atoms with van der Waals surface area (Å²) in [6.07, 6.45) is 4.13. The zero-order chi connectivity index (χ0) is 12.5. The third-order valence-corrected chi connectivity index (χ3v) is 4.04. The molecule has 0 aromatic heterocycles. The molecule has 2 unspecified atom stereocenters. The van der Waals surface area contributed by atoms with Crippen LogP contribution in [-0.2, 0) is 9.53 Å². The summed E-state index contributed by atoms with van der Waals surface area (Å²) in [4.78, 5) is 14.4. The van der Waals surface area contributed by atoms with E-state index in [0.29, 0.717) is 13.1 Å². The SMILES string of the molecule is CC1CN(C(=O)C2(C)CCCC2)CC(CO)O1. The summed E-state index contributed by atoms with van der Waals surface area (Å²) in [6, 6.07) is 0. The van der Waals surface area contributed by atoms with E-state index >= 15 is 0 Å². The fourth-order valence-electron chi connectivity index (χ4n) is 3.06. The molecule has 1 amide bonds. The molecule has 1 aliphatic carbocycles. The summed E-state index contributed by atoms with van der Waals surface area (Å²) in [5, 5.41) is 9.17. The molecule has 2 rings (SSSR count). The minimum absolute atomic E-state index is 0.00909. The Morgan fingerprint density at radius 2 is 2.06 bits per heavy atom. The van der Waals surface area contributed by atoms with E-state index in [1.807, 2.05) is 11.8 Å². The van der Waals surface area contributed by atoms with Crippen molar-refractivity contribution in [2.45, 2.75) is 51.7 Å². The van der Waals surface area contributed by atoms with Gasteiger partial charge in [-0.25, -0.2) is 0 Å². The maximum atomic E-state index is 12.5. The Hall–Kier alpha value is -0.610. The molecule has 0 aromatic rings. The van der Waals surface area contributed by atoms with Crippen LogP contribution in [0.2, 0.25) is 0 Å². The summed E-state index contributed by atoms with van der Waals surface area (Å²) in [5.41, 5.74) is -0.170. The van der Waals surface area contributed by atoms with Crippen molar-refractivity contribution in [2.75, 3.05) is 19.7 Å². The fraction of sp³-hybridized carbons (Fsp3) is 0.923. The topological polar surface area (TPSA) is 49.8 Å². The van der Waals surface area contributed by atoms with E-state index in [0.717, 1.165) is 25.7 Å². The Kier molecular flexibility index (Phi) is 3.73. The highest BCUT2D eigenvalue weighted by Crippen LogP contribution is 2.39. The Morgan fingerprint density at radius 3 is 2.65 bits per heavy atom. The first-order valence-corrected chi connectivity index (χ1v) is 6.61. The van der Waals surface area contributed by atoms with Crippen LogP contribution in [0.5, 0.6) is 0 Å². The zero-order valence-corrected chi connectivity index (χ0v) is 10.8. The zero-order valence-electron chi connectivity index (χ0n) is 10.8. The van der Waals surface area contributed by atoms with Crippen LogP contribution in [-0.4, -0.2) is 47.8 Å². The van der Waals surface area contributed by atoms with Gasteiger partial charge in [-0.15, -0.1) is 0 Å². The Bertz CT molecular complexity index is 286.